The van der Waals surface area contributed by atoms with Crippen molar-refractivity contribution < 1.29 is 4.79 Å². The van der Waals surface area contributed by atoms with Gasteiger partial charge in [0, 0.05) is 22.5 Å². The van der Waals surface area contributed by atoms with Crippen LogP contribution in [0.2, 0.25) is 0 Å². The minimum Gasteiger partial charge on any atom is -0.356 e. The van der Waals surface area contributed by atoms with Gasteiger partial charge in [-0.05, 0) is 43.9 Å². The lowest BCUT2D eigenvalue weighted by molar-refractivity contribution is -0.124. The van der Waals surface area contributed by atoms with Crippen LogP contribution in [-0.2, 0) is 11.2 Å². The fourth-order valence-electron chi connectivity index (χ4n) is 3.06. The van der Waals surface area contributed by atoms with Crippen LogP contribution in [0, 0.1) is 12.8 Å². The van der Waals surface area contributed by atoms with Crippen LogP contribution in [0.5, 0.6) is 0 Å². The number of benzene rings is 1. The van der Waals surface area contributed by atoms with Crippen LogP contribution in [-0.4, -0.2) is 10.9 Å². The fourth-order valence-corrected chi connectivity index (χ4v) is 3.06. The average Bonchev–Trinajstić information content (AvgIpc) is 2.78. The molecule has 0 saturated heterocycles. The molecule has 106 valence electrons. The van der Waals surface area contributed by atoms with Crippen LogP contribution in [0.15, 0.2) is 18.2 Å². The second-order valence-corrected chi connectivity index (χ2v) is 6.17. The van der Waals surface area contributed by atoms with Gasteiger partial charge in [0.05, 0.1) is 6.04 Å². The van der Waals surface area contributed by atoms with E-state index in [2.05, 4.69) is 35.4 Å². The predicted octanol–water partition coefficient (Wildman–Crippen LogP) is 3.63. The number of aromatic amines is 1. The largest absolute Gasteiger partial charge is 0.356 e. The number of carbonyl (C=O) groups excluding carboxylic acids is 1. The third-order valence-corrected chi connectivity index (χ3v) is 4.20. The fraction of sp³-hybridized carbons (Fsp3) is 0.471. The summed E-state index contributed by atoms with van der Waals surface area (Å²) in [6.45, 7) is 6.00. The van der Waals surface area contributed by atoms with Crippen molar-refractivity contribution >= 4 is 16.8 Å². The molecule has 1 heterocycles. The molecule has 0 fully saturated rings. The highest BCUT2D eigenvalue weighted by Crippen LogP contribution is 2.35. The number of rotatable bonds is 2. The molecule has 0 aliphatic heterocycles. The monoisotopic (exact) mass is 270 g/mol. The van der Waals surface area contributed by atoms with E-state index in [1.807, 2.05) is 13.8 Å². The third-order valence-electron chi connectivity index (χ3n) is 4.20. The first kappa shape index (κ1) is 13.2. The SMILES string of the molecule is Cc1ccc2[nH]c3c(c2c1)CCCC3NC(=O)C(C)C. The summed E-state index contributed by atoms with van der Waals surface area (Å²) in [7, 11) is 0. The van der Waals surface area contributed by atoms with Gasteiger partial charge in [-0.15, -0.1) is 0 Å². The zero-order valence-electron chi connectivity index (χ0n) is 12.4. The molecule has 1 amide bonds. The minimum atomic E-state index is 0.0343. The van der Waals surface area contributed by atoms with Gasteiger partial charge in [-0.1, -0.05) is 25.5 Å². The molecule has 0 radical (unpaired) electrons. The van der Waals surface area contributed by atoms with Crippen molar-refractivity contribution in [1.29, 1.82) is 0 Å². The van der Waals surface area contributed by atoms with E-state index in [-0.39, 0.29) is 17.9 Å². The second kappa shape index (κ2) is 4.97. The summed E-state index contributed by atoms with van der Waals surface area (Å²) >= 11 is 0. The molecular formula is C17H22N2O. The summed E-state index contributed by atoms with van der Waals surface area (Å²) in [6, 6.07) is 6.66. The molecule has 1 aliphatic rings. The number of aromatic nitrogens is 1. The molecule has 2 N–H and O–H groups in total. The van der Waals surface area contributed by atoms with Crippen molar-refractivity contribution in [3.8, 4) is 0 Å². The first-order valence-electron chi connectivity index (χ1n) is 7.47. The van der Waals surface area contributed by atoms with Crippen LogP contribution >= 0.6 is 0 Å². The second-order valence-electron chi connectivity index (χ2n) is 6.17. The maximum Gasteiger partial charge on any atom is 0.223 e. The van der Waals surface area contributed by atoms with Crippen molar-refractivity contribution in [2.45, 2.75) is 46.1 Å². The van der Waals surface area contributed by atoms with Crippen molar-refractivity contribution in [2.24, 2.45) is 5.92 Å². The lowest BCUT2D eigenvalue weighted by Gasteiger charge is -2.24. The van der Waals surface area contributed by atoms with Gasteiger partial charge in [-0.3, -0.25) is 4.79 Å². The maximum atomic E-state index is 12.0. The lowest BCUT2D eigenvalue weighted by Crippen LogP contribution is -2.33. The van der Waals surface area contributed by atoms with E-state index < -0.39 is 0 Å². The van der Waals surface area contributed by atoms with Gasteiger partial charge < -0.3 is 10.3 Å². The van der Waals surface area contributed by atoms with E-state index in [1.54, 1.807) is 0 Å². The number of H-pyrrole nitrogens is 1. The Bertz CT molecular complexity index is 654. The van der Waals surface area contributed by atoms with E-state index in [1.165, 1.54) is 27.7 Å². The molecule has 3 rings (SSSR count). The zero-order valence-corrected chi connectivity index (χ0v) is 12.4. The molecule has 0 saturated carbocycles. The Kier molecular flexibility index (Phi) is 3.28. The molecule has 1 aliphatic carbocycles. The van der Waals surface area contributed by atoms with Gasteiger partial charge >= 0.3 is 0 Å². The Balaban J connectivity index is 2.00. The summed E-state index contributed by atoms with van der Waals surface area (Å²) in [5.41, 5.74) is 5.08. The van der Waals surface area contributed by atoms with Crippen LogP contribution in [0.4, 0.5) is 0 Å². The number of fused-ring (bicyclic) bond motifs is 3. The van der Waals surface area contributed by atoms with E-state index in [0.29, 0.717) is 0 Å². The normalized spacial score (nSPS) is 18.3. The van der Waals surface area contributed by atoms with Crippen molar-refractivity contribution in [3.05, 3.63) is 35.0 Å². The number of carbonyl (C=O) groups is 1. The average molecular weight is 270 g/mol. The number of hydrogen-bond donors (Lipinski definition) is 2. The quantitative estimate of drug-likeness (QED) is 0.860. The summed E-state index contributed by atoms with van der Waals surface area (Å²) in [6.07, 6.45) is 3.26. The number of amides is 1. The van der Waals surface area contributed by atoms with Gasteiger partial charge in [-0.2, -0.15) is 0 Å². The Morgan fingerprint density at radius 1 is 1.40 bits per heavy atom. The summed E-state index contributed by atoms with van der Waals surface area (Å²) in [5, 5.41) is 4.50. The van der Waals surface area contributed by atoms with Crippen molar-refractivity contribution in [1.82, 2.24) is 10.3 Å². The molecule has 1 unspecified atom stereocenters. The minimum absolute atomic E-state index is 0.0343. The molecule has 3 heteroatoms. The van der Waals surface area contributed by atoms with Gasteiger partial charge in [0.2, 0.25) is 5.91 Å². The molecule has 20 heavy (non-hydrogen) atoms. The number of hydrogen-bond acceptors (Lipinski definition) is 1. The van der Waals surface area contributed by atoms with Gasteiger partial charge in [0.25, 0.3) is 0 Å². The van der Waals surface area contributed by atoms with E-state index in [9.17, 15) is 4.79 Å². The Hall–Kier alpha value is -1.77. The first-order chi connectivity index (χ1) is 9.56. The summed E-state index contributed by atoms with van der Waals surface area (Å²) < 4.78 is 0. The van der Waals surface area contributed by atoms with Crippen LogP contribution in [0.1, 0.15) is 49.6 Å². The van der Waals surface area contributed by atoms with Gasteiger partial charge in [-0.25, -0.2) is 0 Å². The molecule has 1 atom stereocenters. The summed E-state index contributed by atoms with van der Waals surface area (Å²) in [4.78, 5) is 15.5. The lowest BCUT2D eigenvalue weighted by atomic mass is 9.91. The zero-order chi connectivity index (χ0) is 14.3. The van der Waals surface area contributed by atoms with E-state index in [0.717, 1.165) is 19.3 Å². The van der Waals surface area contributed by atoms with Crippen LogP contribution < -0.4 is 5.32 Å². The molecular weight excluding hydrogens is 248 g/mol. The molecule has 1 aromatic heterocycles. The smallest absolute Gasteiger partial charge is 0.223 e. The highest BCUT2D eigenvalue weighted by Gasteiger charge is 2.26. The summed E-state index contributed by atoms with van der Waals surface area (Å²) in [5.74, 6) is 0.171. The molecule has 0 spiro atoms. The molecule has 3 nitrogen and oxygen atoms in total. The molecule has 1 aromatic carbocycles. The standard InChI is InChI=1S/C17H22N2O/c1-10(2)17(20)19-15-6-4-5-12-13-9-11(3)7-8-14(13)18-16(12)15/h7-10,15,18H,4-6H2,1-3H3,(H,19,20). The van der Waals surface area contributed by atoms with E-state index in [4.69, 9.17) is 0 Å². The Morgan fingerprint density at radius 2 is 2.20 bits per heavy atom. The highest BCUT2D eigenvalue weighted by atomic mass is 16.1. The Morgan fingerprint density at radius 3 is 2.95 bits per heavy atom. The van der Waals surface area contributed by atoms with Crippen LogP contribution in [0.25, 0.3) is 10.9 Å². The predicted molar refractivity (Wildman–Crippen MR) is 81.7 cm³/mol. The maximum absolute atomic E-state index is 12.0. The van der Waals surface area contributed by atoms with Gasteiger partial charge in [0.1, 0.15) is 0 Å². The van der Waals surface area contributed by atoms with Crippen molar-refractivity contribution in [3.63, 3.8) is 0 Å². The Labute approximate surface area is 119 Å². The van der Waals surface area contributed by atoms with Crippen LogP contribution in [0.3, 0.4) is 0 Å². The first-order valence-corrected chi connectivity index (χ1v) is 7.47. The molecule has 2 aromatic rings. The van der Waals surface area contributed by atoms with Gasteiger partial charge in [0.15, 0.2) is 0 Å². The number of aryl methyl sites for hydroxylation is 2. The van der Waals surface area contributed by atoms with E-state index >= 15 is 0 Å². The van der Waals surface area contributed by atoms with Crippen molar-refractivity contribution in [2.75, 3.05) is 0 Å². The molecule has 0 bridgehead atoms. The topological polar surface area (TPSA) is 44.9 Å². The third kappa shape index (κ3) is 2.21. The number of nitrogens with one attached hydrogen (secondary N) is 2. The highest BCUT2D eigenvalue weighted by molar-refractivity contribution is 5.86.